The molecule has 0 rings (SSSR count). The Morgan fingerprint density at radius 2 is 1.79 bits per heavy atom. The van der Waals surface area contributed by atoms with E-state index in [1.165, 1.54) is 0 Å². The molecule has 0 aromatic heterocycles. The van der Waals surface area contributed by atoms with Crippen molar-refractivity contribution in [1.29, 1.82) is 0 Å². The van der Waals surface area contributed by atoms with E-state index in [1.807, 2.05) is 5.43 Å². The predicted molar refractivity (Wildman–Crippen MR) is 80.6 cm³/mol. The molecule has 0 saturated carbocycles. The molecule has 12 nitrogen and oxygen atoms in total. The molecule has 0 aliphatic heterocycles. The number of nitrogens with one attached hydrogen (secondary N) is 2. The van der Waals surface area contributed by atoms with Crippen LogP contribution in [-0.2, 0) is 9.59 Å². The second-order valence-corrected chi connectivity index (χ2v) is 4.93. The summed E-state index contributed by atoms with van der Waals surface area (Å²) in [5.74, 6) is -2.21. The van der Waals surface area contributed by atoms with Crippen molar-refractivity contribution in [3.8, 4) is 0 Å². The maximum Gasteiger partial charge on any atom is 0.320 e. The fourth-order valence-corrected chi connectivity index (χ4v) is 1.49. The number of aliphatic hydroxyl groups is 5. The van der Waals surface area contributed by atoms with Gasteiger partial charge in [-0.15, -0.1) is 0 Å². The monoisotopic (exact) mass is 352 g/mol. The van der Waals surface area contributed by atoms with E-state index in [9.17, 15) is 24.9 Å². The average Bonchev–Trinajstić information content (AvgIpc) is 2.57. The number of amides is 1. The van der Waals surface area contributed by atoms with Gasteiger partial charge in [-0.2, -0.15) is 0 Å². The van der Waals surface area contributed by atoms with Crippen LogP contribution in [0.1, 0.15) is 12.8 Å². The molecule has 24 heavy (non-hydrogen) atoms. The van der Waals surface area contributed by atoms with E-state index in [0.717, 1.165) is 6.34 Å². The molecule has 140 valence electrons. The molecule has 0 fully saturated rings. The number of nitrogens with zero attached hydrogens (tertiary/aromatic N) is 1. The molecule has 0 bridgehead atoms. The third kappa shape index (κ3) is 8.14. The molecular formula is C12H24N4O8. The lowest BCUT2D eigenvalue weighted by molar-refractivity contribution is -0.149. The molecule has 0 aromatic rings. The summed E-state index contributed by atoms with van der Waals surface area (Å²) < 4.78 is 0. The maximum absolute atomic E-state index is 11.5. The lowest BCUT2D eigenvalue weighted by Crippen LogP contribution is -2.53. The number of carbonyl (C=O) groups excluding carboxylic acids is 1. The minimum atomic E-state index is -2.06. The number of aliphatic hydroxyl groups excluding tert-OH is 5. The number of hydrazine groups is 1. The van der Waals surface area contributed by atoms with Crippen molar-refractivity contribution >= 4 is 18.2 Å². The topological polar surface area (TPSA) is 218 Å². The second-order valence-electron chi connectivity index (χ2n) is 4.93. The second kappa shape index (κ2) is 11.7. The zero-order chi connectivity index (χ0) is 18.7. The van der Waals surface area contributed by atoms with E-state index in [-0.39, 0.29) is 13.0 Å². The summed E-state index contributed by atoms with van der Waals surface area (Å²) >= 11 is 0. The normalized spacial score (nSPS) is 17.8. The largest absolute Gasteiger partial charge is 0.480 e. The third-order valence-corrected chi connectivity index (χ3v) is 2.99. The molecule has 1 amide bonds. The van der Waals surface area contributed by atoms with Crippen molar-refractivity contribution in [2.24, 2.45) is 10.7 Å². The van der Waals surface area contributed by atoms with Gasteiger partial charge in [0.05, 0.1) is 6.61 Å². The number of rotatable bonds is 12. The first-order chi connectivity index (χ1) is 11.2. The minimum absolute atomic E-state index is 0.231. The minimum Gasteiger partial charge on any atom is -0.480 e. The van der Waals surface area contributed by atoms with Gasteiger partial charge in [-0.05, 0) is 12.8 Å². The van der Waals surface area contributed by atoms with Crippen LogP contribution in [0.2, 0.25) is 0 Å². The number of aliphatic imine (C=N–C) groups is 1. The Hall–Kier alpha value is -1.83. The molecule has 0 saturated heterocycles. The lowest BCUT2D eigenvalue weighted by Gasteiger charge is -2.24. The van der Waals surface area contributed by atoms with Crippen LogP contribution in [0, 0.1) is 0 Å². The highest BCUT2D eigenvalue weighted by Gasteiger charge is 2.34. The van der Waals surface area contributed by atoms with Crippen LogP contribution in [-0.4, -0.2) is 92.5 Å². The summed E-state index contributed by atoms with van der Waals surface area (Å²) in [5.41, 5.74) is 9.47. The lowest BCUT2D eigenvalue weighted by atomic mass is 10.0. The maximum atomic E-state index is 11.5. The predicted octanol–water partition coefficient (Wildman–Crippen LogP) is -4.74. The first kappa shape index (κ1) is 22.2. The Labute approximate surface area is 137 Å². The van der Waals surface area contributed by atoms with Crippen molar-refractivity contribution in [2.45, 2.75) is 43.3 Å². The van der Waals surface area contributed by atoms with Gasteiger partial charge in [0.25, 0.3) is 5.91 Å². The Morgan fingerprint density at radius 3 is 2.33 bits per heavy atom. The highest BCUT2D eigenvalue weighted by Crippen LogP contribution is 2.05. The smallest absolute Gasteiger partial charge is 0.320 e. The molecule has 0 heterocycles. The van der Waals surface area contributed by atoms with Gasteiger partial charge in [-0.25, -0.2) is 0 Å². The molecule has 0 aromatic carbocycles. The van der Waals surface area contributed by atoms with Crippen LogP contribution in [0.15, 0.2) is 4.99 Å². The van der Waals surface area contributed by atoms with E-state index >= 15 is 0 Å². The van der Waals surface area contributed by atoms with Crippen molar-refractivity contribution in [1.82, 2.24) is 10.9 Å². The summed E-state index contributed by atoms with van der Waals surface area (Å²) in [6.45, 7) is -0.612. The van der Waals surface area contributed by atoms with Gasteiger partial charge >= 0.3 is 5.97 Å². The number of carboxylic acid groups (broad SMARTS) is 1. The summed E-state index contributed by atoms with van der Waals surface area (Å²) in [7, 11) is 0. The Bertz CT molecular complexity index is 422. The molecule has 10 N–H and O–H groups in total. The van der Waals surface area contributed by atoms with E-state index in [1.54, 1.807) is 0 Å². The van der Waals surface area contributed by atoms with Crippen molar-refractivity contribution in [3.63, 3.8) is 0 Å². The van der Waals surface area contributed by atoms with Gasteiger partial charge in [0.15, 0.2) is 6.10 Å². The molecular weight excluding hydrogens is 328 g/mol. The highest BCUT2D eigenvalue weighted by atomic mass is 16.4. The fraction of sp³-hybridized carbons (Fsp3) is 0.750. The SMILES string of the molecule is N[C@@H](CCCN=CNNC(=O)[C@H](O)[C@@H](O)[C@H](O)[C@H](O)CO)C(=O)O. The standard InChI is InChI=1S/C12H24N4O8/c13-6(12(23)24)2-1-3-14-5-15-16-11(22)10(21)9(20)8(19)7(18)4-17/h5-10,17-21H,1-4,13H2,(H,14,15)(H,16,22)(H,23,24)/t6-,7+,8+,9-,10+/m0/s1. The van der Waals surface area contributed by atoms with Gasteiger partial charge < -0.3 is 36.4 Å². The first-order valence-corrected chi connectivity index (χ1v) is 7.07. The summed E-state index contributed by atoms with van der Waals surface area (Å²) in [4.78, 5) is 25.7. The Balaban J connectivity index is 4.03. The highest BCUT2D eigenvalue weighted by molar-refractivity contribution is 5.82. The van der Waals surface area contributed by atoms with Crippen molar-refractivity contribution in [3.05, 3.63) is 0 Å². The van der Waals surface area contributed by atoms with E-state index in [0.29, 0.717) is 6.42 Å². The molecule has 12 heteroatoms. The zero-order valence-corrected chi connectivity index (χ0v) is 12.8. The van der Waals surface area contributed by atoms with E-state index in [4.69, 9.17) is 21.1 Å². The number of nitrogens with two attached hydrogens (primary N) is 1. The van der Waals surface area contributed by atoms with Crippen LogP contribution in [0.3, 0.4) is 0 Å². The summed E-state index contributed by atoms with van der Waals surface area (Å²) in [6.07, 6.45) is -5.99. The van der Waals surface area contributed by atoms with Crippen LogP contribution in [0.4, 0.5) is 0 Å². The van der Waals surface area contributed by atoms with Gasteiger partial charge in [0, 0.05) is 6.54 Å². The number of carboxylic acids is 1. The van der Waals surface area contributed by atoms with Gasteiger partial charge in [-0.3, -0.25) is 25.4 Å². The van der Waals surface area contributed by atoms with Crippen LogP contribution >= 0.6 is 0 Å². The quantitative estimate of drug-likeness (QED) is 0.0706. The molecule has 0 spiro atoms. The van der Waals surface area contributed by atoms with Crippen LogP contribution < -0.4 is 16.6 Å². The summed E-state index contributed by atoms with van der Waals surface area (Å²) in [6, 6.07) is -0.967. The molecule has 0 unspecified atom stereocenters. The zero-order valence-electron chi connectivity index (χ0n) is 12.8. The van der Waals surface area contributed by atoms with E-state index in [2.05, 4.69) is 10.4 Å². The van der Waals surface area contributed by atoms with Crippen molar-refractivity contribution in [2.75, 3.05) is 13.2 Å². The molecule has 0 aliphatic carbocycles. The average molecular weight is 352 g/mol. The van der Waals surface area contributed by atoms with Crippen LogP contribution in [0.5, 0.6) is 0 Å². The Morgan fingerprint density at radius 1 is 1.17 bits per heavy atom. The number of hydrogen-bond acceptors (Lipinski definition) is 9. The number of hydrogen-bond donors (Lipinski definition) is 9. The van der Waals surface area contributed by atoms with Gasteiger partial charge in [0.2, 0.25) is 0 Å². The summed E-state index contributed by atoms with van der Waals surface area (Å²) in [5, 5.41) is 54.6. The van der Waals surface area contributed by atoms with Crippen molar-refractivity contribution < 1.29 is 40.2 Å². The number of aliphatic carboxylic acids is 1. The molecule has 0 radical (unpaired) electrons. The van der Waals surface area contributed by atoms with E-state index < -0.39 is 48.9 Å². The fourth-order valence-electron chi connectivity index (χ4n) is 1.49. The third-order valence-electron chi connectivity index (χ3n) is 2.99. The Kier molecular flexibility index (Phi) is 10.8. The van der Waals surface area contributed by atoms with Gasteiger partial charge in [0.1, 0.15) is 30.7 Å². The first-order valence-electron chi connectivity index (χ1n) is 7.07. The van der Waals surface area contributed by atoms with Gasteiger partial charge in [-0.1, -0.05) is 0 Å². The number of carbonyl (C=O) groups is 2. The van der Waals surface area contributed by atoms with Crippen LogP contribution in [0.25, 0.3) is 0 Å². The molecule has 0 aliphatic rings. The molecule has 5 atom stereocenters.